The number of nitrogens with zero attached hydrogens (tertiary/aromatic N) is 2. The molecule has 5 nitrogen and oxygen atoms in total. The van der Waals surface area contributed by atoms with Crippen LogP contribution in [0.25, 0.3) is 0 Å². The molecule has 3 N–H and O–H groups in total. The molecule has 1 aromatic heterocycles. The van der Waals surface area contributed by atoms with Gasteiger partial charge in [-0.2, -0.15) is 5.10 Å². The van der Waals surface area contributed by atoms with Crippen LogP contribution in [0, 0.1) is 6.92 Å². The average molecular weight is 258 g/mol. The topological polar surface area (TPSA) is 72.9 Å². The van der Waals surface area contributed by atoms with E-state index < -0.39 is 0 Å². The number of anilines is 1. The number of para-hydroxylation sites is 1. The third kappa shape index (κ3) is 2.59. The number of aromatic nitrogens is 2. The Kier molecular flexibility index (Phi) is 3.55. The van der Waals surface area contributed by atoms with Gasteiger partial charge in [-0.25, -0.2) is 0 Å². The van der Waals surface area contributed by atoms with Crippen LogP contribution in [0.5, 0.6) is 0 Å². The Hall–Kier alpha value is -2.30. The number of carbonyl (C=O) groups is 1. The SMILES string of the molecule is Cc1c(C(C)NC(=O)c2ccccc2N)cnn1C. The van der Waals surface area contributed by atoms with Crippen LogP contribution in [0.3, 0.4) is 0 Å². The maximum Gasteiger partial charge on any atom is 0.253 e. The lowest BCUT2D eigenvalue weighted by Crippen LogP contribution is -2.27. The van der Waals surface area contributed by atoms with Gasteiger partial charge in [0.05, 0.1) is 17.8 Å². The van der Waals surface area contributed by atoms with Gasteiger partial charge in [0.15, 0.2) is 0 Å². The first-order valence-electron chi connectivity index (χ1n) is 6.14. The molecule has 0 saturated carbocycles. The Balaban J connectivity index is 2.16. The zero-order valence-corrected chi connectivity index (χ0v) is 11.3. The number of nitrogens with two attached hydrogens (primary N) is 1. The summed E-state index contributed by atoms with van der Waals surface area (Å²) in [6, 6.07) is 6.93. The smallest absolute Gasteiger partial charge is 0.253 e. The minimum absolute atomic E-state index is 0.110. The molecule has 0 fully saturated rings. The van der Waals surface area contributed by atoms with E-state index in [9.17, 15) is 4.79 Å². The monoisotopic (exact) mass is 258 g/mol. The van der Waals surface area contributed by atoms with Gasteiger partial charge in [-0.15, -0.1) is 0 Å². The molecule has 100 valence electrons. The normalized spacial score (nSPS) is 12.2. The van der Waals surface area contributed by atoms with Gasteiger partial charge >= 0.3 is 0 Å². The molecule has 0 aliphatic carbocycles. The van der Waals surface area contributed by atoms with Gasteiger partial charge in [0.25, 0.3) is 5.91 Å². The Morgan fingerprint density at radius 3 is 2.68 bits per heavy atom. The highest BCUT2D eigenvalue weighted by molar-refractivity contribution is 5.99. The zero-order valence-electron chi connectivity index (χ0n) is 11.3. The van der Waals surface area contributed by atoms with Crippen LogP contribution in [-0.4, -0.2) is 15.7 Å². The minimum Gasteiger partial charge on any atom is -0.398 e. The van der Waals surface area contributed by atoms with Crippen LogP contribution in [0.4, 0.5) is 5.69 Å². The average Bonchev–Trinajstić information content (AvgIpc) is 2.70. The first-order chi connectivity index (χ1) is 9.00. The van der Waals surface area contributed by atoms with E-state index in [-0.39, 0.29) is 11.9 Å². The maximum atomic E-state index is 12.1. The molecule has 1 unspecified atom stereocenters. The molecule has 2 aromatic rings. The number of nitrogen functional groups attached to an aromatic ring is 1. The van der Waals surface area contributed by atoms with E-state index in [0.29, 0.717) is 11.3 Å². The highest BCUT2D eigenvalue weighted by Gasteiger charge is 2.16. The molecule has 19 heavy (non-hydrogen) atoms. The van der Waals surface area contributed by atoms with Gasteiger partial charge in [-0.1, -0.05) is 12.1 Å². The van der Waals surface area contributed by atoms with E-state index in [0.717, 1.165) is 11.3 Å². The number of hydrogen-bond acceptors (Lipinski definition) is 3. The van der Waals surface area contributed by atoms with Crippen molar-refractivity contribution < 1.29 is 4.79 Å². The van der Waals surface area contributed by atoms with Crippen molar-refractivity contribution in [3.05, 3.63) is 47.3 Å². The molecule has 1 amide bonds. The van der Waals surface area contributed by atoms with E-state index in [1.54, 1.807) is 35.1 Å². The summed E-state index contributed by atoms with van der Waals surface area (Å²) in [5, 5.41) is 7.11. The predicted molar refractivity (Wildman–Crippen MR) is 74.7 cm³/mol. The lowest BCUT2D eigenvalue weighted by atomic mass is 10.1. The summed E-state index contributed by atoms with van der Waals surface area (Å²) in [7, 11) is 1.88. The Labute approximate surface area is 112 Å². The van der Waals surface area contributed by atoms with Crippen molar-refractivity contribution in [3.8, 4) is 0 Å². The summed E-state index contributed by atoms with van der Waals surface area (Å²) in [6.07, 6.45) is 1.77. The molecule has 0 spiro atoms. The van der Waals surface area contributed by atoms with Crippen molar-refractivity contribution >= 4 is 11.6 Å². The van der Waals surface area contributed by atoms with Crippen molar-refractivity contribution in [1.29, 1.82) is 0 Å². The molecule has 2 rings (SSSR count). The van der Waals surface area contributed by atoms with E-state index in [2.05, 4.69) is 10.4 Å². The number of amides is 1. The molecule has 0 bridgehead atoms. The van der Waals surface area contributed by atoms with E-state index in [1.807, 2.05) is 20.9 Å². The number of benzene rings is 1. The molecule has 0 saturated heterocycles. The molecular weight excluding hydrogens is 240 g/mol. The Morgan fingerprint density at radius 2 is 2.11 bits per heavy atom. The van der Waals surface area contributed by atoms with Crippen molar-refractivity contribution in [1.82, 2.24) is 15.1 Å². The van der Waals surface area contributed by atoms with Crippen LogP contribution in [-0.2, 0) is 7.05 Å². The van der Waals surface area contributed by atoms with Gasteiger partial charge in [-0.3, -0.25) is 9.48 Å². The van der Waals surface area contributed by atoms with Crippen LogP contribution in [0.15, 0.2) is 30.5 Å². The maximum absolute atomic E-state index is 12.1. The standard InChI is InChI=1S/C14H18N4O/c1-9(12-8-16-18(3)10(12)2)17-14(19)11-6-4-5-7-13(11)15/h4-9H,15H2,1-3H3,(H,17,19). The lowest BCUT2D eigenvalue weighted by Gasteiger charge is -2.14. The van der Waals surface area contributed by atoms with Gasteiger partial charge in [0.2, 0.25) is 0 Å². The van der Waals surface area contributed by atoms with E-state index >= 15 is 0 Å². The van der Waals surface area contributed by atoms with Gasteiger partial charge in [-0.05, 0) is 26.0 Å². The lowest BCUT2D eigenvalue weighted by molar-refractivity contribution is 0.0940. The predicted octanol–water partition coefficient (Wildman–Crippen LogP) is 1.80. The van der Waals surface area contributed by atoms with Crippen molar-refractivity contribution in [3.63, 3.8) is 0 Å². The first kappa shape index (κ1) is 13.1. The Morgan fingerprint density at radius 1 is 1.42 bits per heavy atom. The fraction of sp³-hybridized carbons (Fsp3) is 0.286. The number of carbonyl (C=O) groups excluding carboxylic acids is 1. The summed E-state index contributed by atoms with van der Waals surface area (Å²) >= 11 is 0. The fourth-order valence-corrected chi connectivity index (χ4v) is 2.00. The molecule has 1 heterocycles. The quantitative estimate of drug-likeness (QED) is 0.824. The van der Waals surface area contributed by atoms with Crippen molar-refractivity contribution in [2.45, 2.75) is 19.9 Å². The third-order valence-corrected chi connectivity index (χ3v) is 3.29. The molecular formula is C14H18N4O. The van der Waals surface area contributed by atoms with Crippen LogP contribution in [0.1, 0.15) is 34.6 Å². The summed E-state index contributed by atoms with van der Waals surface area (Å²) < 4.78 is 1.79. The molecule has 0 radical (unpaired) electrons. The molecule has 1 atom stereocenters. The third-order valence-electron chi connectivity index (χ3n) is 3.29. The van der Waals surface area contributed by atoms with Gasteiger partial charge < -0.3 is 11.1 Å². The van der Waals surface area contributed by atoms with Crippen molar-refractivity contribution in [2.75, 3.05) is 5.73 Å². The fourth-order valence-electron chi connectivity index (χ4n) is 2.00. The molecule has 0 aliphatic heterocycles. The molecule has 1 aromatic carbocycles. The Bertz CT molecular complexity index is 603. The minimum atomic E-state index is -0.172. The summed E-state index contributed by atoms with van der Waals surface area (Å²) in [4.78, 5) is 12.1. The summed E-state index contributed by atoms with van der Waals surface area (Å²) in [5.41, 5.74) is 8.81. The number of hydrogen-bond donors (Lipinski definition) is 2. The number of aryl methyl sites for hydroxylation is 1. The van der Waals surface area contributed by atoms with Crippen LogP contribution >= 0.6 is 0 Å². The second-order valence-electron chi connectivity index (χ2n) is 4.59. The molecule has 0 aliphatic rings. The second-order valence-corrected chi connectivity index (χ2v) is 4.59. The largest absolute Gasteiger partial charge is 0.398 e. The molecule has 5 heteroatoms. The summed E-state index contributed by atoms with van der Waals surface area (Å²) in [6.45, 7) is 3.91. The van der Waals surface area contributed by atoms with E-state index in [4.69, 9.17) is 5.73 Å². The van der Waals surface area contributed by atoms with Crippen LogP contribution in [0.2, 0.25) is 0 Å². The van der Waals surface area contributed by atoms with Gasteiger partial charge in [0, 0.05) is 24.0 Å². The van der Waals surface area contributed by atoms with Crippen molar-refractivity contribution in [2.24, 2.45) is 7.05 Å². The van der Waals surface area contributed by atoms with E-state index in [1.165, 1.54) is 0 Å². The highest BCUT2D eigenvalue weighted by atomic mass is 16.1. The van der Waals surface area contributed by atoms with Gasteiger partial charge in [0.1, 0.15) is 0 Å². The highest BCUT2D eigenvalue weighted by Crippen LogP contribution is 2.18. The number of rotatable bonds is 3. The second kappa shape index (κ2) is 5.14. The number of nitrogens with one attached hydrogen (secondary N) is 1. The van der Waals surface area contributed by atoms with Crippen LogP contribution < -0.4 is 11.1 Å². The summed E-state index contributed by atoms with van der Waals surface area (Å²) in [5.74, 6) is -0.172. The first-order valence-corrected chi connectivity index (χ1v) is 6.14. The zero-order chi connectivity index (χ0) is 14.0.